The van der Waals surface area contributed by atoms with Gasteiger partial charge >= 0.3 is 0 Å². The molecule has 0 spiro atoms. The molecule has 0 N–H and O–H groups in total. The zero-order valence-electron chi connectivity index (χ0n) is 16.3. The number of nitrogens with zero attached hydrogens (tertiary/aromatic N) is 1. The van der Waals surface area contributed by atoms with Crippen LogP contribution in [0.15, 0.2) is 16.6 Å². The lowest BCUT2D eigenvalue weighted by molar-refractivity contribution is -0.118. The number of hydrogen-bond donors (Lipinski definition) is 0. The summed E-state index contributed by atoms with van der Waals surface area (Å²) >= 11 is 0. The lowest BCUT2D eigenvalue weighted by Gasteiger charge is -2.60. The normalized spacial score (nSPS) is 56.7. The van der Waals surface area contributed by atoms with Crippen molar-refractivity contribution in [1.82, 2.24) is 0 Å². The molecule has 0 bridgehead atoms. The molecule has 2 heteroatoms. The van der Waals surface area contributed by atoms with Gasteiger partial charge in [0.1, 0.15) is 0 Å². The molecule has 8 atom stereocenters. The second kappa shape index (κ2) is 4.87. The third kappa shape index (κ3) is 1.82. The Kier molecular flexibility index (Phi) is 3.17. The van der Waals surface area contributed by atoms with E-state index in [0.29, 0.717) is 22.0 Å². The van der Waals surface area contributed by atoms with Crippen molar-refractivity contribution >= 4 is 12.0 Å². The van der Waals surface area contributed by atoms with Gasteiger partial charge in [-0.2, -0.15) is 0 Å². The summed E-state index contributed by atoms with van der Waals surface area (Å²) in [7, 11) is 1.96. The average Bonchev–Trinajstić information content (AvgIpc) is 3.32. The molecule has 0 saturated heterocycles. The van der Waals surface area contributed by atoms with E-state index in [2.05, 4.69) is 32.0 Å². The van der Waals surface area contributed by atoms with Gasteiger partial charge in [-0.1, -0.05) is 26.3 Å². The Bertz CT molecular complexity index is 692. The van der Waals surface area contributed by atoms with Crippen molar-refractivity contribution in [3.05, 3.63) is 11.6 Å². The van der Waals surface area contributed by atoms with Gasteiger partial charge in [0.2, 0.25) is 0 Å². The fourth-order valence-electron chi connectivity index (χ4n) is 8.46. The zero-order valence-corrected chi connectivity index (χ0v) is 16.3. The van der Waals surface area contributed by atoms with E-state index in [1.807, 2.05) is 13.1 Å². The van der Waals surface area contributed by atoms with Crippen LogP contribution < -0.4 is 0 Å². The van der Waals surface area contributed by atoms with Crippen molar-refractivity contribution in [2.45, 2.75) is 65.7 Å². The number of carbonyl (C=O) groups excluding carboxylic acids is 1. The Morgan fingerprint density at radius 3 is 2.64 bits per heavy atom. The highest BCUT2D eigenvalue weighted by molar-refractivity contribution is 5.91. The minimum Gasteiger partial charge on any atom is -0.300 e. The average molecular weight is 340 g/mol. The maximum atomic E-state index is 12.0. The smallest absolute Gasteiger partial charge is 0.155 e. The van der Waals surface area contributed by atoms with Gasteiger partial charge in [0.05, 0.1) is 0 Å². The SMILES string of the molecule is CN=CC1(C)C2CC2C2C3CCC4=CC(=O)CCC4(C)C3CCC21C. The van der Waals surface area contributed by atoms with Crippen LogP contribution in [0.3, 0.4) is 0 Å². The largest absolute Gasteiger partial charge is 0.300 e. The fraction of sp³-hybridized carbons (Fsp3) is 0.826. The van der Waals surface area contributed by atoms with Gasteiger partial charge in [-0.05, 0) is 85.0 Å². The third-order valence-electron chi connectivity index (χ3n) is 9.91. The summed E-state index contributed by atoms with van der Waals surface area (Å²) in [5, 5.41) is 0. The molecule has 136 valence electrons. The first-order chi connectivity index (χ1) is 11.8. The predicted octanol–water partition coefficient (Wildman–Crippen LogP) is 5.08. The molecule has 0 aromatic heterocycles. The topological polar surface area (TPSA) is 29.4 Å². The van der Waals surface area contributed by atoms with Gasteiger partial charge < -0.3 is 4.99 Å². The molecule has 5 aliphatic rings. The highest BCUT2D eigenvalue weighted by Crippen LogP contribution is 2.79. The first-order valence-corrected chi connectivity index (χ1v) is 10.5. The summed E-state index contributed by atoms with van der Waals surface area (Å²) in [6.07, 6.45) is 12.9. The van der Waals surface area contributed by atoms with E-state index in [1.165, 1.54) is 37.7 Å². The third-order valence-corrected chi connectivity index (χ3v) is 9.91. The lowest BCUT2D eigenvalue weighted by atomic mass is 9.44. The molecule has 0 radical (unpaired) electrons. The Labute approximate surface area is 152 Å². The molecular formula is C23H33NO. The summed E-state index contributed by atoms with van der Waals surface area (Å²) in [5.41, 5.74) is 2.54. The maximum Gasteiger partial charge on any atom is 0.155 e. The number of rotatable bonds is 1. The van der Waals surface area contributed by atoms with Gasteiger partial charge in [-0.25, -0.2) is 0 Å². The molecular weight excluding hydrogens is 306 g/mol. The molecule has 0 aromatic carbocycles. The van der Waals surface area contributed by atoms with Crippen molar-refractivity contribution in [2.24, 2.45) is 50.8 Å². The van der Waals surface area contributed by atoms with Crippen molar-refractivity contribution in [3.8, 4) is 0 Å². The van der Waals surface area contributed by atoms with E-state index in [4.69, 9.17) is 0 Å². The number of fused-ring (bicyclic) bond motifs is 7. The quantitative estimate of drug-likeness (QED) is 0.612. The van der Waals surface area contributed by atoms with Crippen molar-refractivity contribution in [1.29, 1.82) is 0 Å². The predicted molar refractivity (Wildman–Crippen MR) is 102 cm³/mol. The Morgan fingerprint density at radius 2 is 1.88 bits per heavy atom. The van der Waals surface area contributed by atoms with Crippen LogP contribution in [0.5, 0.6) is 0 Å². The summed E-state index contributed by atoms with van der Waals surface area (Å²) in [6, 6.07) is 0. The molecule has 0 aromatic rings. The maximum absolute atomic E-state index is 12.0. The Hall–Kier alpha value is -0.920. The Morgan fingerprint density at radius 1 is 1.08 bits per heavy atom. The number of hydrogen-bond acceptors (Lipinski definition) is 2. The van der Waals surface area contributed by atoms with Gasteiger partial charge in [-0.15, -0.1) is 0 Å². The van der Waals surface area contributed by atoms with Gasteiger partial charge in [0.15, 0.2) is 5.78 Å². The molecule has 5 rings (SSSR count). The van der Waals surface area contributed by atoms with Gasteiger partial charge in [0.25, 0.3) is 0 Å². The van der Waals surface area contributed by atoms with Crippen LogP contribution >= 0.6 is 0 Å². The zero-order chi connectivity index (χ0) is 17.6. The molecule has 25 heavy (non-hydrogen) atoms. The van der Waals surface area contributed by atoms with E-state index in [9.17, 15) is 4.79 Å². The van der Waals surface area contributed by atoms with E-state index in [-0.39, 0.29) is 0 Å². The first kappa shape index (κ1) is 16.3. The first-order valence-electron chi connectivity index (χ1n) is 10.5. The van der Waals surface area contributed by atoms with Crippen molar-refractivity contribution in [3.63, 3.8) is 0 Å². The highest BCUT2D eigenvalue weighted by atomic mass is 16.1. The lowest BCUT2D eigenvalue weighted by Crippen LogP contribution is -2.54. The molecule has 4 saturated carbocycles. The summed E-state index contributed by atoms with van der Waals surface area (Å²) in [4.78, 5) is 16.5. The molecule has 0 aliphatic heterocycles. The van der Waals surface area contributed by atoms with E-state index >= 15 is 0 Å². The minimum atomic E-state index is 0.306. The standard InChI is InChI=1S/C23H33NO/c1-21-9-7-15(25)11-14(21)5-6-16-18(21)8-10-22(2)20(16)17-12-19(17)23(22,3)13-24-4/h11,13,16-20H,5-10,12H2,1-4H3. The summed E-state index contributed by atoms with van der Waals surface area (Å²) in [6.45, 7) is 7.61. The van der Waals surface area contributed by atoms with Crippen LogP contribution in [0, 0.1) is 45.8 Å². The van der Waals surface area contributed by atoms with Crippen molar-refractivity contribution < 1.29 is 4.79 Å². The highest BCUT2D eigenvalue weighted by Gasteiger charge is 2.74. The summed E-state index contributed by atoms with van der Waals surface area (Å²) in [5.74, 6) is 4.76. The van der Waals surface area contributed by atoms with Gasteiger partial charge in [-0.3, -0.25) is 4.79 Å². The number of aliphatic imine (C=N–C) groups is 1. The molecule has 2 nitrogen and oxygen atoms in total. The minimum absolute atomic E-state index is 0.306. The second-order valence-electron chi connectivity index (χ2n) is 10.5. The molecule has 4 fully saturated rings. The Balaban J connectivity index is 1.54. The fourth-order valence-corrected chi connectivity index (χ4v) is 8.46. The monoisotopic (exact) mass is 339 g/mol. The van der Waals surface area contributed by atoms with Crippen LogP contribution in [0.1, 0.15) is 65.7 Å². The van der Waals surface area contributed by atoms with Crippen LogP contribution in [-0.2, 0) is 4.79 Å². The molecule has 8 unspecified atom stereocenters. The molecule has 0 heterocycles. The van der Waals surface area contributed by atoms with Crippen LogP contribution in [0.25, 0.3) is 0 Å². The van der Waals surface area contributed by atoms with Crippen LogP contribution in [0.4, 0.5) is 0 Å². The van der Waals surface area contributed by atoms with E-state index in [0.717, 1.165) is 42.4 Å². The van der Waals surface area contributed by atoms with E-state index < -0.39 is 0 Å². The second-order valence-corrected chi connectivity index (χ2v) is 10.5. The van der Waals surface area contributed by atoms with Crippen LogP contribution in [0.2, 0.25) is 0 Å². The van der Waals surface area contributed by atoms with Crippen LogP contribution in [-0.4, -0.2) is 19.0 Å². The molecule has 5 aliphatic carbocycles. The number of carbonyl (C=O) groups is 1. The van der Waals surface area contributed by atoms with Gasteiger partial charge in [0, 0.05) is 25.1 Å². The number of allylic oxidation sites excluding steroid dienone is 1. The number of ketones is 1. The molecule has 0 amide bonds. The summed E-state index contributed by atoms with van der Waals surface area (Å²) < 4.78 is 0. The van der Waals surface area contributed by atoms with E-state index in [1.54, 1.807) is 0 Å². The van der Waals surface area contributed by atoms with Crippen molar-refractivity contribution in [2.75, 3.05) is 7.05 Å².